The Bertz CT molecular complexity index is 519. The van der Waals surface area contributed by atoms with Gasteiger partial charge in [-0.25, -0.2) is 4.79 Å². The molecule has 0 radical (unpaired) electrons. The van der Waals surface area contributed by atoms with Crippen molar-refractivity contribution in [2.75, 3.05) is 39.0 Å². The molecule has 128 valence electrons. The van der Waals surface area contributed by atoms with Crippen LogP contribution in [-0.4, -0.2) is 54.8 Å². The first-order valence-electron chi connectivity index (χ1n) is 8.35. The van der Waals surface area contributed by atoms with Gasteiger partial charge < -0.3 is 15.1 Å². The molecule has 2 rings (SSSR count). The standard InChI is InChI=1S/C18H29N3OS/c1-14(2)23-13-15-6-5-7-17(10-15)19-18(22)21-9-8-16(12-21)11-20(3)4/h5-7,10,14,16H,8-9,11-13H2,1-4H3,(H,19,22)/t16-/m0/s1. The number of rotatable bonds is 6. The minimum atomic E-state index is 0.0277. The highest BCUT2D eigenvalue weighted by Gasteiger charge is 2.26. The van der Waals surface area contributed by atoms with Gasteiger partial charge in [0.25, 0.3) is 0 Å². The van der Waals surface area contributed by atoms with Crippen LogP contribution in [0.3, 0.4) is 0 Å². The van der Waals surface area contributed by atoms with E-state index in [1.54, 1.807) is 0 Å². The van der Waals surface area contributed by atoms with Gasteiger partial charge in [-0.2, -0.15) is 11.8 Å². The lowest BCUT2D eigenvalue weighted by Gasteiger charge is -2.19. The molecule has 1 aromatic rings. The predicted molar refractivity (Wildman–Crippen MR) is 100 cm³/mol. The van der Waals surface area contributed by atoms with Crippen LogP contribution in [-0.2, 0) is 5.75 Å². The van der Waals surface area contributed by atoms with Crippen LogP contribution in [0.4, 0.5) is 10.5 Å². The van der Waals surface area contributed by atoms with Crippen molar-refractivity contribution in [3.63, 3.8) is 0 Å². The Morgan fingerprint density at radius 3 is 2.91 bits per heavy atom. The lowest BCUT2D eigenvalue weighted by molar-refractivity contribution is 0.219. The molecule has 1 N–H and O–H groups in total. The zero-order valence-corrected chi connectivity index (χ0v) is 15.5. The van der Waals surface area contributed by atoms with E-state index in [2.05, 4.69) is 50.3 Å². The molecule has 1 heterocycles. The van der Waals surface area contributed by atoms with Crippen LogP contribution in [0.25, 0.3) is 0 Å². The van der Waals surface area contributed by atoms with Gasteiger partial charge in [0.2, 0.25) is 0 Å². The minimum Gasteiger partial charge on any atom is -0.324 e. The zero-order chi connectivity index (χ0) is 16.8. The lowest BCUT2D eigenvalue weighted by Crippen LogP contribution is -2.34. The predicted octanol–water partition coefficient (Wildman–Crippen LogP) is 3.74. The molecule has 0 bridgehead atoms. The molecule has 0 aromatic heterocycles. The Morgan fingerprint density at radius 1 is 1.43 bits per heavy atom. The molecule has 1 atom stereocenters. The third-order valence-corrected chi connectivity index (χ3v) is 5.12. The molecular weight excluding hydrogens is 306 g/mol. The molecule has 2 amide bonds. The van der Waals surface area contributed by atoms with Gasteiger partial charge in [0.05, 0.1) is 0 Å². The summed E-state index contributed by atoms with van der Waals surface area (Å²) in [7, 11) is 4.17. The van der Waals surface area contributed by atoms with E-state index in [0.29, 0.717) is 11.2 Å². The number of amides is 2. The summed E-state index contributed by atoms with van der Waals surface area (Å²) in [5, 5.41) is 3.67. The largest absolute Gasteiger partial charge is 0.324 e. The van der Waals surface area contributed by atoms with Crippen LogP contribution in [0.5, 0.6) is 0 Å². The molecule has 23 heavy (non-hydrogen) atoms. The van der Waals surface area contributed by atoms with E-state index in [4.69, 9.17) is 0 Å². The van der Waals surface area contributed by atoms with E-state index in [1.807, 2.05) is 28.8 Å². The second-order valence-electron chi connectivity index (χ2n) is 6.85. The average molecular weight is 336 g/mol. The van der Waals surface area contributed by atoms with Gasteiger partial charge >= 0.3 is 6.03 Å². The number of likely N-dealkylation sites (tertiary alicyclic amines) is 1. The Kier molecular flexibility index (Phi) is 6.78. The molecule has 5 heteroatoms. The molecule has 0 unspecified atom stereocenters. The summed E-state index contributed by atoms with van der Waals surface area (Å²) in [5.74, 6) is 1.57. The molecule has 1 aromatic carbocycles. The van der Waals surface area contributed by atoms with Crippen LogP contribution >= 0.6 is 11.8 Å². The smallest absolute Gasteiger partial charge is 0.321 e. The number of thioether (sulfide) groups is 1. The van der Waals surface area contributed by atoms with Crippen molar-refractivity contribution in [2.24, 2.45) is 5.92 Å². The monoisotopic (exact) mass is 335 g/mol. The number of hydrogen-bond acceptors (Lipinski definition) is 3. The van der Waals surface area contributed by atoms with Crippen molar-refractivity contribution in [1.29, 1.82) is 0 Å². The van der Waals surface area contributed by atoms with Gasteiger partial charge in [0, 0.05) is 31.1 Å². The van der Waals surface area contributed by atoms with Gasteiger partial charge in [-0.15, -0.1) is 0 Å². The van der Waals surface area contributed by atoms with E-state index in [0.717, 1.165) is 37.5 Å². The van der Waals surface area contributed by atoms with Crippen molar-refractivity contribution >= 4 is 23.5 Å². The van der Waals surface area contributed by atoms with E-state index in [9.17, 15) is 4.79 Å². The van der Waals surface area contributed by atoms with Gasteiger partial charge in [-0.3, -0.25) is 0 Å². The lowest BCUT2D eigenvalue weighted by atomic mass is 10.1. The SMILES string of the molecule is CC(C)SCc1cccc(NC(=O)N2CC[C@@H](CN(C)C)C2)c1. The highest BCUT2D eigenvalue weighted by atomic mass is 32.2. The molecular formula is C18H29N3OS. The minimum absolute atomic E-state index is 0.0277. The Hall–Kier alpha value is -1.20. The molecule has 1 aliphatic heterocycles. The molecule has 0 saturated carbocycles. The summed E-state index contributed by atoms with van der Waals surface area (Å²) in [6.45, 7) is 7.16. The number of benzene rings is 1. The number of carbonyl (C=O) groups excluding carboxylic acids is 1. The number of nitrogens with one attached hydrogen (secondary N) is 1. The Balaban J connectivity index is 1.87. The number of hydrogen-bond donors (Lipinski definition) is 1. The summed E-state index contributed by atoms with van der Waals surface area (Å²) >= 11 is 1.92. The van der Waals surface area contributed by atoms with Crippen LogP contribution in [0.15, 0.2) is 24.3 Å². The second kappa shape index (κ2) is 8.60. The summed E-state index contributed by atoms with van der Waals surface area (Å²) in [6.07, 6.45) is 1.09. The van der Waals surface area contributed by atoms with Gasteiger partial charge in [0.15, 0.2) is 0 Å². The topological polar surface area (TPSA) is 35.6 Å². The maximum atomic E-state index is 12.4. The second-order valence-corrected chi connectivity index (χ2v) is 8.42. The highest BCUT2D eigenvalue weighted by molar-refractivity contribution is 7.99. The van der Waals surface area contributed by atoms with Crippen LogP contribution in [0.2, 0.25) is 0 Å². The van der Waals surface area contributed by atoms with Crippen molar-refractivity contribution in [3.8, 4) is 0 Å². The molecule has 1 saturated heterocycles. The Morgan fingerprint density at radius 2 is 2.22 bits per heavy atom. The van der Waals surface area contributed by atoms with Gasteiger partial charge in [-0.1, -0.05) is 26.0 Å². The summed E-state index contributed by atoms with van der Waals surface area (Å²) in [4.78, 5) is 16.6. The fraction of sp³-hybridized carbons (Fsp3) is 0.611. The molecule has 1 aliphatic rings. The first-order chi connectivity index (χ1) is 10.9. The van der Waals surface area contributed by atoms with E-state index in [1.165, 1.54) is 5.56 Å². The van der Waals surface area contributed by atoms with Gasteiger partial charge in [0.1, 0.15) is 0 Å². The van der Waals surface area contributed by atoms with Crippen molar-refractivity contribution in [2.45, 2.75) is 31.3 Å². The van der Waals surface area contributed by atoms with E-state index in [-0.39, 0.29) is 6.03 Å². The summed E-state index contributed by atoms with van der Waals surface area (Å²) in [5.41, 5.74) is 2.15. The Labute approximate surface area is 144 Å². The van der Waals surface area contributed by atoms with Crippen LogP contribution in [0.1, 0.15) is 25.8 Å². The third kappa shape index (κ3) is 6.07. The van der Waals surface area contributed by atoms with E-state index >= 15 is 0 Å². The number of anilines is 1. The summed E-state index contributed by atoms with van der Waals surface area (Å²) in [6, 6.07) is 8.22. The molecule has 1 fully saturated rings. The molecule has 0 aliphatic carbocycles. The first-order valence-corrected chi connectivity index (χ1v) is 9.40. The van der Waals surface area contributed by atoms with Gasteiger partial charge in [-0.05, 0) is 49.4 Å². The molecule has 4 nitrogen and oxygen atoms in total. The quantitative estimate of drug-likeness (QED) is 0.860. The first kappa shape index (κ1) is 18.1. The third-order valence-electron chi connectivity index (χ3n) is 3.96. The van der Waals surface area contributed by atoms with Crippen molar-refractivity contribution in [1.82, 2.24) is 9.80 Å². The summed E-state index contributed by atoms with van der Waals surface area (Å²) < 4.78 is 0. The normalized spacial score (nSPS) is 18.0. The number of nitrogens with zero attached hydrogens (tertiary/aromatic N) is 2. The van der Waals surface area contributed by atoms with E-state index < -0.39 is 0 Å². The van der Waals surface area contributed by atoms with Crippen LogP contribution < -0.4 is 5.32 Å². The van der Waals surface area contributed by atoms with Crippen LogP contribution in [0, 0.1) is 5.92 Å². The zero-order valence-electron chi connectivity index (χ0n) is 14.7. The fourth-order valence-electron chi connectivity index (χ4n) is 2.89. The number of urea groups is 1. The highest BCUT2D eigenvalue weighted by Crippen LogP contribution is 2.21. The van der Waals surface area contributed by atoms with Crippen molar-refractivity contribution < 1.29 is 4.79 Å². The average Bonchev–Trinajstić information content (AvgIpc) is 2.93. The maximum Gasteiger partial charge on any atom is 0.321 e. The molecule has 0 spiro atoms. The number of carbonyl (C=O) groups is 1. The maximum absolute atomic E-state index is 12.4. The fourth-order valence-corrected chi connectivity index (χ4v) is 3.59. The van der Waals surface area contributed by atoms with Crippen molar-refractivity contribution in [3.05, 3.63) is 29.8 Å².